The summed E-state index contributed by atoms with van der Waals surface area (Å²) in [6, 6.07) is 17.8. The second-order valence-electron chi connectivity index (χ2n) is 6.25. The van der Waals surface area contributed by atoms with Gasteiger partial charge in [-0.25, -0.2) is 0 Å². The molecule has 0 aliphatic heterocycles. The molecule has 0 fully saturated rings. The quantitative estimate of drug-likeness (QED) is 0.528. The van der Waals surface area contributed by atoms with Crippen LogP contribution in [0.2, 0.25) is 0 Å². The van der Waals surface area contributed by atoms with Gasteiger partial charge < -0.3 is 10.3 Å². The Labute approximate surface area is 153 Å². The fourth-order valence-corrected chi connectivity index (χ4v) is 2.92. The lowest BCUT2D eigenvalue weighted by Crippen LogP contribution is -2.27. The van der Waals surface area contributed by atoms with Gasteiger partial charge in [0, 0.05) is 22.7 Å². The molecule has 4 heteroatoms. The van der Waals surface area contributed by atoms with Gasteiger partial charge in [0.25, 0.3) is 5.91 Å². The van der Waals surface area contributed by atoms with Gasteiger partial charge in [-0.3, -0.25) is 4.79 Å². The maximum absolute atomic E-state index is 12.5. The van der Waals surface area contributed by atoms with Gasteiger partial charge >= 0.3 is 0 Å². The number of aromatic nitrogens is 1. The lowest BCUT2D eigenvalue weighted by atomic mass is 10.0. The Balaban J connectivity index is 1.79. The average molecular weight is 343 g/mol. The lowest BCUT2D eigenvalue weighted by molar-refractivity contribution is -0.117. The SMILES string of the molecule is CCc1ccc([C@H](C)NC(=O)/C(C#N)=C\c2c[nH]c3ccccc23)cc1. The van der Waals surface area contributed by atoms with E-state index in [1.54, 1.807) is 6.08 Å². The van der Waals surface area contributed by atoms with E-state index in [4.69, 9.17) is 0 Å². The smallest absolute Gasteiger partial charge is 0.262 e. The molecule has 0 saturated heterocycles. The Morgan fingerprint density at radius 2 is 1.96 bits per heavy atom. The monoisotopic (exact) mass is 343 g/mol. The van der Waals surface area contributed by atoms with Crippen LogP contribution in [0, 0.1) is 11.3 Å². The van der Waals surface area contributed by atoms with E-state index in [0.717, 1.165) is 28.5 Å². The summed E-state index contributed by atoms with van der Waals surface area (Å²) in [6.07, 6.45) is 4.41. The molecule has 3 rings (SSSR count). The van der Waals surface area contributed by atoms with E-state index in [2.05, 4.69) is 29.4 Å². The molecule has 1 amide bonds. The average Bonchev–Trinajstić information content (AvgIpc) is 3.09. The van der Waals surface area contributed by atoms with Crippen molar-refractivity contribution < 1.29 is 4.79 Å². The molecule has 0 saturated carbocycles. The summed E-state index contributed by atoms with van der Waals surface area (Å²) in [5.41, 5.74) is 4.16. The van der Waals surface area contributed by atoms with Crippen molar-refractivity contribution in [3.05, 3.63) is 77.0 Å². The van der Waals surface area contributed by atoms with Crippen molar-refractivity contribution in [3.8, 4) is 6.07 Å². The molecule has 1 heterocycles. The van der Waals surface area contributed by atoms with Crippen molar-refractivity contribution in [2.45, 2.75) is 26.3 Å². The minimum absolute atomic E-state index is 0.0896. The highest BCUT2D eigenvalue weighted by molar-refractivity contribution is 6.04. The molecule has 0 aliphatic carbocycles. The van der Waals surface area contributed by atoms with Gasteiger partial charge in [-0.05, 0) is 36.6 Å². The first-order valence-electron chi connectivity index (χ1n) is 8.70. The number of fused-ring (bicyclic) bond motifs is 1. The Bertz CT molecular complexity index is 990. The van der Waals surface area contributed by atoms with E-state index in [9.17, 15) is 10.1 Å². The number of carbonyl (C=O) groups excluding carboxylic acids is 1. The zero-order valence-electron chi connectivity index (χ0n) is 14.9. The first-order chi connectivity index (χ1) is 12.6. The number of aromatic amines is 1. The third-order valence-electron chi connectivity index (χ3n) is 4.52. The second-order valence-corrected chi connectivity index (χ2v) is 6.25. The summed E-state index contributed by atoms with van der Waals surface area (Å²) in [5, 5.41) is 13.3. The van der Waals surface area contributed by atoms with Crippen LogP contribution in [-0.4, -0.2) is 10.9 Å². The van der Waals surface area contributed by atoms with Gasteiger partial charge in [-0.1, -0.05) is 49.4 Å². The van der Waals surface area contributed by atoms with Gasteiger partial charge in [0.15, 0.2) is 0 Å². The summed E-state index contributed by atoms with van der Waals surface area (Å²) < 4.78 is 0. The predicted molar refractivity (Wildman–Crippen MR) is 104 cm³/mol. The predicted octanol–water partition coefficient (Wildman–Crippen LogP) is 4.51. The number of H-pyrrole nitrogens is 1. The van der Waals surface area contributed by atoms with Crippen LogP contribution >= 0.6 is 0 Å². The number of nitriles is 1. The van der Waals surface area contributed by atoms with Crippen molar-refractivity contribution >= 4 is 22.9 Å². The molecule has 0 radical (unpaired) electrons. The van der Waals surface area contributed by atoms with Crippen LogP contribution < -0.4 is 5.32 Å². The molecule has 2 aromatic carbocycles. The number of amides is 1. The molecule has 0 aliphatic rings. The van der Waals surface area contributed by atoms with E-state index in [1.807, 2.05) is 55.6 Å². The first kappa shape index (κ1) is 17.5. The van der Waals surface area contributed by atoms with E-state index < -0.39 is 0 Å². The number of para-hydroxylation sites is 1. The molecule has 0 unspecified atom stereocenters. The number of benzene rings is 2. The van der Waals surface area contributed by atoms with Crippen LogP contribution in [0.3, 0.4) is 0 Å². The number of hydrogen-bond acceptors (Lipinski definition) is 2. The zero-order chi connectivity index (χ0) is 18.5. The number of hydrogen-bond donors (Lipinski definition) is 2. The highest BCUT2D eigenvalue weighted by Crippen LogP contribution is 2.21. The molecule has 26 heavy (non-hydrogen) atoms. The molecule has 0 bridgehead atoms. The minimum Gasteiger partial charge on any atom is -0.361 e. The molecule has 0 spiro atoms. The molecular formula is C22H21N3O. The van der Waals surface area contributed by atoms with Gasteiger partial charge in [0.05, 0.1) is 6.04 Å². The Morgan fingerprint density at radius 3 is 2.65 bits per heavy atom. The number of aryl methyl sites for hydroxylation is 1. The Morgan fingerprint density at radius 1 is 1.23 bits per heavy atom. The van der Waals surface area contributed by atoms with Gasteiger partial charge in [0.1, 0.15) is 11.6 Å². The minimum atomic E-state index is -0.371. The number of carbonyl (C=O) groups is 1. The van der Waals surface area contributed by atoms with E-state index >= 15 is 0 Å². The third-order valence-corrected chi connectivity index (χ3v) is 4.52. The van der Waals surface area contributed by atoms with Crippen molar-refractivity contribution in [1.82, 2.24) is 10.3 Å². The zero-order valence-corrected chi connectivity index (χ0v) is 14.9. The van der Waals surface area contributed by atoms with Crippen LogP contribution in [0.25, 0.3) is 17.0 Å². The van der Waals surface area contributed by atoms with Crippen LogP contribution in [0.15, 0.2) is 60.3 Å². The molecule has 130 valence electrons. The van der Waals surface area contributed by atoms with Gasteiger partial charge in [-0.15, -0.1) is 0 Å². The third kappa shape index (κ3) is 3.68. The van der Waals surface area contributed by atoms with Crippen LogP contribution in [0.4, 0.5) is 0 Å². The van der Waals surface area contributed by atoms with Gasteiger partial charge in [0.2, 0.25) is 0 Å². The summed E-state index contributed by atoms with van der Waals surface area (Å²) >= 11 is 0. The summed E-state index contributed by atoms with van der Waals surface area (Å²) in [4.78, 5) is 15.7. The first-order valence-corrected chi connectivity index (χ1v) is 8.70. The summed E-state index contributed by atoms with van der Waals surface area (Å²) in [5.74, 6) is -0.371. The topological polar surface area (TPSA) is 68.7 Å². The van der Waals surface area contributed by atoms with E-state index in [1.165, 1.54) is 5.56 Å². The standard InChI is InChI=1S/C22H21N3O/c1-3-16-8-10-17(11-9-16)15(2)25-22(26)18(13-23)12-19-14-24-21-7-5-4-6-20(19)21/h4-12,14-15,24H,3H2,1-2H3,(H,25,26)/b18-12-/t15-/m0/s1. The lowest BCUT2D eigenvalue weighted by Gasteiger charge is -2.14. The second kappa shape index (κ2) is 7.71. The van der Waals surface area contributed by atoms with Gasteiger partial charge in [-0.2, -0.15) is 5.26 Å². The highest BCUT2D eigenvalue weighted by atomic mass is 16.1. The maximum atomic E-state index is 12.5. The van der Waals surface area contributed by atoms with Crippen molar-refractivity contribution in [1.29, 1.82) is 5.26 Å². The van der Waals surface area contributed by atoms with Crippen LogP contribution in [0.1, 0.15) is 36.6 Å². The molecular weight excluding hydrogens is 322 g/mol. The molecule has 4 nitrogen and oxygen atoms in total. The van der Waals surface area contributed by atoms with Crippen LogP contribution in [0.5, 0.6) is 0 Å². The molecule has 3 aromatic rings. The Kier molecular flexibility index (Phi) is 5.19. The Hall–Kier alpha value is -3.32. The number of rotatable bonds is 5. The molecule has 1 aromatic heterocycles. The fraction of sp³-hybridized carbons (Fsp3) is 0.182. The molecule has 2 N–H and O–H groups in total. The van der Waals surface area contributed by atoms with E-state index in [0.29, 0.717) is 0 Å². The normalized spacial score (nSPS) is 12.6. The van der Waals surface area contributed by atoms with Crippen LogP contribution in [-0.2, 0) is 11.2 Å². The highest BCUT2D eigenvalue weighted by Gasteiger charge is 2.14. The molecule has 1 atom stereocenters. The maximum Gasteiger partial charge on any atom is 0.262 e. The number of nitrogens with one attached hydrogen (secondary N) is 2. The summed E-state index contributed by atoms with van der Waals surface area (Å²) in [6.45, 7) is 4.02. The van der Waals surface area contributed by atoms with Crippen molar-refractivity contribution in [2.24, 2.45) is 0 Å². The van der Waals surface area contributed by atoms with Crippen molar-refractivity contribution in [2.75, 3.05) is 0 Å². The number of nitrogens with zero attached hydrogens (tertiary/aromatic N) is 1. The fourth-order valence-electron chi connectivity index (χ4n) is 2.92. The summed E-state index contributed by atoms with van der Waals surface area (Å²) in [7, 11) is 0. The van der Waals surface area contributed by atoms with Crippen molar-refractivity contribution in [3.63, 3.8) is 0 Å². The largest absolute Gasteiger partial charge is 0.361 e. The van der Waals surface area contributed by atoms with E-state index in [-0.39, 0.29) is 17.5 Å².